The van der Waals surface area contributed by atoms with Gasteiger partial charge in [0, 0.05) is 28.5 Å². The fraction of sp³-hybridized carbons (Fsp3) is 0.412. The number of carboxylic acids is 1. The van der Waals surface area contributed by atoms with Crippen molar-refractivity contribution in [2.75, 3.05) is 19.8 Å². The maximum absolute atomic E-state index is 12.8. The second-order valence-electron chi connectivity index (χ2n) is 13.8. The molecule has 8 nitrogen and oxygen atoms in total. The van der Waals surface area contributed by atoms with Crippen molar-refractivity contribution >= 4 is 36.8 Å². The standard InChI is InChI=1S/C34H46NO7PSi2/c1-44(2,3)21-19-40-43(41-20-22-45(4,5)6)42-26-17-15-25(16-18-26)23-32(33(36)37)35-34(38)39-24-31-29-13-9-7-11-27(29)28-12-8-10-14-30(28)31/h7-18,31-32H,19-24H2,1-6H3,(H,35,38)(H,36,37)/t32-/m0/s1. The lowest BCUT2D eigenvalue weighted by Gasteiger charge is -2.22. The van der Waals surface area contributed by atoms with E-state index in [1.165, 1.54) is 0 Å². The summed E-state index contributed by atoms with van der Waals surface area (Å²) >= 11 is 0. The molecule has 0 spiro atoms. The lowest BCUT2D eigenvalue weighted by molar-refractivity contribution is -0.139. The number of rotatable bonds is 16. The number of fused-ring (bicyclic) bond motifs is 3. The third-order valence-electron chi connectivity index (χ3n) is 7.57. The van der Waals surface area contributed by atoms with E-state index in [1.54, 1.807) is 24.3 Å². The average molecular weight is 668 g/mol. The van der Waals surface area contributed by atoms with Gasteiger partial charge in [-0.05, 0) is 52.0 Å². The number of ether oxygens (including phenoxy) is 1. The normalized spacial score (nSPS) is 13.7. The van der Waals surface area contributed by atoms with Crippen molar-refractivity contribution in [3.8, 4) is 16.9 Å². The molecule has 1 aliphatic carbocycles. The largest absolute Gasteiger partial charge is 0.480 e. The summed E-state index contributed by atoms with van der Waals surface area (Å²) < 4.78 is 23.7. The zero-order chi connectivity index (χ0) is 32.6. The summed E-state index contributed by atoms with van der Waals surface area (Å²) in [6, 6.07) is 24.2. The predicted octanol–water partition coefficient (Wildman–Crippen LogP) is 8.54. The minimum Gasteiger partial charge on any atom is -0.480 e. The second kappa shape index (κ2) is 15.5. The van der Waals surface area contributed by atoms with Crippen LogP contribution < -0.4 is 9.84 Å². The fourth-order valence-corrected chi connectivity index (χ4v) is 7.66. The van der Waals surface area contributed by atoms with E-state index < -0.39 is 42.9 Å². The van der Waals surface area contributed by atoms with Crippen molar-refractivity contribution < 1.29 is 33.0 Å². The molecule has 3 aromatic carbocycles. The minimum atomic E-state index is -1.56. The summed E-state index contributed by atoms with van der Waals surface area (Å²) in [4.78, 5) is 24.8. The van der Waals surface area contributed by atoms with E-state index in [9.17, 15) is 14.7 Å². The molecule has 0 aliphatic heterocycles. The topological polar surface area (TPSA) is 103 Å². The number of hydrogen-bond donors (Lipinski definition) is 2. The van der Waals surface area contributed by atoms with Gasteiger partial charge in [-0.25, -0.2) is 9.59 Å². The van der Waals surface area contributed by atoms with E-state index in [-0.39, 0.29) is 18.9 Å². The highest BCUT2D eigenvalue weighted by Crippen LogP contribution is 2.44. The number of carbonyl (C=O) groups is 2. The highest BCUT2D eigenvalue weighted by atomic mass is 31.2. The van der Waals surface area contributed by atoms with Crippen LogP contribution in [-0.4, -0.2) is 59.2 Å². The highest BCUT2D eigenvalue weighted by molar-refractivity contribution is 7.42. The van der Waals surface area contributed by atoms with Gasteiger partial charge >= 0.3 is 20.7 Å². The van der Waals surface area contributed by atoms with Crippen molar-refractivity contribution in [3.05, 3.63) is 89.5 Å². The molecule has 0 radical (unpaired) electrons. The van der Waals surface area contributed by atoms with Crippen LogP contribution in [-0.2, 0) is 25.0 Å². The first-order valence-electron chi connectivity index (χ1n) is 15.5. The molecular formula is C34H46NO7PSi2. The number of alkyl carbamates (subject to hydrolysis) is 1. The molecule has 0 aromatic heterocycles. The van der Waals surface area contributed by atoms with Crippen molar-refractivity contribution in [1.29, 1.82) is 0 Å². The number of hydrogen-bond acceptors (Lipinski definition) is 6. The Morgan fingerprint density at radius 1 is 0.800 bits per heavy atom. The molecule has 0 saturated heterocycles. The van der Waals surface area contributed by atoms with Crippen LogP contribution >= 0.6 is 8.60 Å². The first kappa shape index (κ1) is 34.8. The number of aliphatic carboxylic acids is 1. The van der Waals surface area contributed by atoms with Crippen LogP contribution in [0.2, 0.25) is 51.4 Å². The molecule has 1 amide bonds. The van der Waals surface area contributed by atoms with E-state index in [0.717, 1.165) is 39.9 Å². The molecule has 0 bridgehead atoms. The quantitative estimate of drug-likeness (QED) is 0.117. The van der Waals surface area contributed by atoms with E-state index in [0.29, 0.717) is 19.0 Å². The van der Waals surface area contributed by atoms with E-state index >= 15 is 0 Å². The third-order valence-corrected chi connectivity index (χ3v) is 12.1. The summed E-state index contributed by atoms with van der Waals surface area (Å²) in [5.41, 5.74) is 5.17. The van der Waals surface area contributed by atoms with Gasteiger partial charge in [0.05, 0.1) is 13.2 Å². The minimum absolute atomic E-state index is 0.0913. The molecule has 0 saturated carbocycles. The molecule has 0 heterocycles. The summed E-state index contributed by atoms with van der Waals surface area (Å²) in [5, 5.41) is 12.4. The zero-order valence-electron chi connectivity index (χ0n) is 27.2. The summed E-state index contributed by atoms with van der Waals surface area (Å²) in [6.45, 7) is 15.1. The molecule has 11 heteroatoms. The number of nitrogens with one attached hydrogen (secondary N) is 1. The van der Waals surface area contributed by atoms with E-state index in [1.807, 2.05) is 36.4 Å². The van der Waals surface area contributed by atoms with Crippen LogP contribution in [0.1, 0.15) is 22.6 Å². The van der Waals surface area contributed by atoms with Gasteiger partial charge in [0.15, 0.2) is 0 Å². The van der Waals surface area contributed by atoms with Crippen molar-refractivity contribution in [1.82, 2.24) is 5.32 Å². The van der Waals surface area contributed by atoms with Gasteiger partial charge in [-0.15, -0.1) is 0 Å². The Morgan fingerprint density at radius 3 is 1.80 bits per heavy atom. The lowest BCUT2D eigenvalue weighted by Crippen LogP contribution is -2.42. The van der Waals surface area contributed by atoms with Crippen LogP contribution in [0.5, 0.6) is 5.75 Å². The SMILES string of the molecule is C[Si](C)(C)CCOP(OCC[Si](C)(C)C)Oc1ccc(C[C@H](NC(=O)OCC2c3ccccc3-c3ccccc32)C(=O)O)cc1. The Hall–Kier alpha value is -3.02. The number of carbonyl (C=O) groups excluding carboxylic acids is 1. The molecule has 242 valence electrons. The Kier molecular flexibility index (Phi) is 12.0. The monoisotopic (exact) mass is 667 g/mol. The lowest BCUT2D eigenvalue weighted by atomic mass is 9.98. The van der Waals surface area contributed by atoms with Gasteiger partial charge in [-0.3, -0.25) is 0 Å². The van der Waals surface area contributed by atoms with Crippen LogP contribution in [0.25, 0.3) is 11.1 Å². The highest BCUT2D eigenvalue weighted by Gasteiger charge is 2.30. The first-order chi connectivity index (χ1) is 21.3. The van der Waals surface area contributed by atoms with Gasteiger partial charge in [-0.2, -0.15) is 0 Å². The van der Waals surface area contributed by atoms with Gasteiger partial charge in [0.2, 0.25) is 0 Å². The van der Waals surface area contributed by atoms with Crippen LogP contribution in [0, 0.1) is 0 Å². The predicted molar refractivity (Wildman–Crippen MR) is 186 cm³/mol. The molecular weight excluding hydrogens is 622 g/mol. The number of amides is 1. The second-order valence-corrected chi connectivity index (χ2v) is 26.2. The van der Waals surface area contributed by atoms with Gasteiger partial charge in [0.25, 0.3) is 0 Å². The van der Waals surface area contributed by atoms with Gasteiger partial charge < -0.3 is 28.7 Å². The Balaban J connectivity index is 1.32. The number of benzene rings is 3. The van der Waals surface area contributed by atoms with Gasteiger partial charge in [-0.1, -0.05) is 99.9 Å². The smallest absolute Gasteiger partial charge is 0.407 e. The van der Waals surface area contributed by atoms with Gasteiger partial charge in [0.1, 0.15) is 18.4 Å². The molecule has 45 heavy (non-hydrogen) atoms. The summed E-state index contributed by atoms with van der Waals surface area (Å²) in [6.07, 6.45) is -0.672. The van der Waals surface area contributed by atoms with Crippen LogP contribution in [0.15, 0.2) is 72.8 Å². The molecule has 3 aromatic rings. The maximum atomic E-state index is 12.8. The Bertz CT molecular complexity index is 1370. The third kappa shape index (κ3) is 10.8. The zero-order valence-corrected chi connectivity index (χ0v) is 30.1. The Labute approximate surface area is 270 Å². The molecule has 2 N–H and O–H groups in total. The summed E-state index contributed by atoms with van der Waals surface area (Å²) in [5.74, 6) is -0.662. The summed E-state index contributed by atoms with van der Waals surface area (Å²) in [7, 11) is -4.09. The van der Waals surface area contributed by atoms with Crippen LogP contribution in [0.3, 0.4) is 0 Å². The van der Waals surface area contributed by atoms with Crippen molar-refractivity contribution in [3.63, 3.8) is 0 Å². The van der Waals surface area contributed by atoms with Crippen molar-refractivity contribution in [2.24, 2.45) is 0 Å². The number of carboxylic acid groups (broad SMARTS) is 1. The molecule has 4 rings (SSSR count). The molecule has 0 fully saturated rings. The molecule has 0 unspecified atom stereocenters. The average Bonchev–Trinajstić information content (AvgIpc) is 3.29. The van der Waals surface area contributed by atoms with Crippen LogP contribution in [0.4, 0.5) is 4.79 Å². The molecule has 1 aliphatic rings. The maximum Gasteiger partial charge on any atom is 0.407 e. The first-order valence-corrected chi connectivity index (χ1v) is 24.0. The van der Waals surface area contributed by atoms with Crippen molar-refractivity contribution in [2.45, 2.75) is 69.8 Å². The Morgan fingerprint density at radius 2 is 1.31 bits per heavy atom. The van der Waals surface area contributed by atoms with E-state index in [4.69, 9.17) is 18.3 Å². The molecule has 1 atom stereocenters. The van der Waals surface area contributed by atoms with E-state index in [2.05, 4.69) is 56.7 Å². The fourth-order valence-electron chi connectivity index (χ4n) is 4.93.